The number of aliphatic hydroxyl groups excluding tert-OH is 1. The van der Waals surface area contributed by atoms with Gasteiger partial charge in [-0.05, 0) is 64.3 Å². The van der Waals surface area contributed by atoms with E-state index >= 15 is 0 Å². The first kappa shape index (κ1) is 23.1. The normalized spacial score (nSPS) is 21.3. The fraction of sp³-hybridized carbons (Fsp3) is 0.333. The molecule has 174 valence electrons. The van der Waals surface area contributed by atoms with Gasteiger partial charge in [-0.15, -0.1) is 0 Å². The number of Topliss-reactive ketones (excluding diaryl/α,β-unsaturated/α-hetero) is 1. The molecule has 1 amide bonds. The van der Waals surface area contributed by atoms with Gasteiger partial charge in [0.15, 0.2) is 11.5 Å². The minimum Gasteiger partial charge on any atom is -0.507 e. The molecule has 1 fully saturated rings. The minimum absolute atomic E-state index is 0.0267. The number of carbonyl (C=O) groups excluding carboxylic acids is 2. The van der Waals surface area contributed by atoms with Crippen LogP contribution in [0.25, 0.3) is 5.76 Å². The number of halogens is 1. The van der Waals surface area contributed by atoms with Crippen molar-refractivity contribution in [2.24, 2.45) is 0 Å². The van der Waals surface area contributed by atoms with E-state index < -0.39 is 17.7 Å². The number of benzene rings is 2. The van der Waals surface area contributed by atoms with Crippen LogP contribution in [0.4, 0.5) is 0 Å². The van der Waals surface area contributed by atoms with Gasteiger partial charge in [0.1, 0.15) is 17.6 Å². The Balaban J connectivity index is 1.88. The first-order chi connectivity index (χ1) is 15.8. The molecule has 0 aliphatic carbocycles. The summed E-state index contributed by atoms with van der Waals surface area (Å²) in [5.74, 6) is -1.00. The van der Waals surface area contributed by atoms with Crippen molar-refractivity contribution >= 4 is 33.4 Å². The molecule has 0 radical (unpaired) electrons. The molecule has 0 spiro atoms. The monoisotopic (exact) mass is 517 g/mol. The molecular formula is C24H24BrNO7. The van der Waals surface area contributed by atoms with E-state index in [0.29, 0.717) is 22.0 Å². The third-order valence-corrected chi connectivity index (χ3v) is 6.44. The number of methoxy groups -OCH3 is 2. The van der Waals surface area contributed by atoms with E-state index in [-0.39, 0.29) is 42.1 Å². The van der Waals surface area contributed by atoms with Crippen LogP contribution in [0, 0.1) is 0 Å². The van der Waals surface area contributed by atoms with Crippen LogP contribution in [0.5, 0.6) is 17.2 Å². The third-order valence-electron chi connectivity index (χ3n) is 5.83. The second-order valence-corrected chi connectivity index (χ2v) is 8.85. The molecule has 2 aliphatic heterocycles. The molecule has 2 heterocycles. The number of aromatic hydroxyl groups is 1. The van der Waals surface area contributed by atoms with E-state index in [9.17, 15) is 19.8 Å². The predicted octanol–water partition coefficient (Wildman–Crippen LogP) is 3.55. The van der Waals surface area contributed by atoms with Crippen molar-refractivity contribution in [3.8, 4) is 17.2 Å². The van der Waals surface area contributed by atoms with Gasteiger partial charge in [0, 0.05) is 25.6 Å². The van der Waals surface area contributed by atoms with Crippen LogP contribution >= 0.6 is 15.9 Å². The summed E-state index contributed by atoms with van der Waals surface area (Å²) in [6.07, 6.45) is 0.711. The van der Waals surface area contributed by atoms with E-state index in [0.717, 1.165) is 11.3 Å². The molecule has 0 saturated carbocycles. The zero-order valence-electron chi connectivity index (χ0n) is 18.4. The molecule has 0 bridgehead atoms. The number of phenolic OH excluding ortho intramolecular Hbond substituents is 1. The second-order valence-electron chi connectivity index (χ2n) is 7.99. The number of hydrogen-bond acceptors (Lipinski definition) is 7. The molecule has 1 saturated heterocycles. The van der Waals surface area contributed by atoms with Crippen LogP contribution < -0.4 is 9.47 Å². The van der Waals surface area contributed by atoms with Crippen LogP contribution in [-0.4, -0.2) is 60.3 Å². The Morgan fingerprint density at radius 2 is 2.00 bits per heavy atom. The van der Waals surface area contributed by atoms with E-state index in [4.69, 9.17) is 14.2 Å². The number of nitrogens with zero attached hydrogens (tertiary/aromatic N) is 1. The first-order valence-electron chi connectivity index (χ1n) is 10.4. The van der Waals surface area contributed by atoms with E-state index in [1.54, 1.807) is 30.3 Å². The topological polar surface area (TPSA) is 106 Å². The number of rotatable bonds is 6. The van der Waals surface area contributed by atoms with E-state index in [1.807, 2.05) is 6.92 Å². The highest BCUT2D eigenvalue weighted by molar-refractivity contribution is 9.10. The molecule has 2 aromatic rings. The average molecular weight is 518 g/mol. The Morgan fingerprint density at radius 1 is 1.24 bits per heavy atom. The van der Waals surface area contributed by atoms with Gasteiger partial charge in [-0.2, -0.15) is 0 Å². The summed E-state index contributed by atoms with van der Waals surface area (Å²) in [5.41, 5.74) is 1.80. The minimum atomic E-state index is -0.894. The second kappa shape index (κ2) is 9.07. The molecule has 2 aliphatic rings. The van der Waals surface area contributed by atoms with Crippen molar-refractivity contribution in [3.63, 3.8) is 0 Å². The third kappa shape index (κ3) is 4.06. The van der Waals surface area contributed by atoms with Crippen LogP contribution in [0.1, 0.15) is 29.7 Å². The molecule has 9 heteroatoms. The predicted molar refractivity (Wildman–Crippen MR) is 123 cm³/mol. The largest absolute Gasteiger partial charge is 0.507 e. The van der Waals surface area contributed by atoms with Gasteiger partial charge in [-0.3, -0.25) is 9.59 Å². The lowest BCUT2D eigenvalue weighted by Gasteiger charge is -2.25. The highest BCUT2D eigenvalue weighted by Gasteiger charge is 2.46. The number of ketones is 1. The zero-order valence-corrected chi connectivity index (χ0v) is 20.0. The summed E-state index contributed by atoms with van der Waals surface area (Å²) >= 11 is 3.29. The number of aliphatic hydroxyl groups is 1. The number of ether oxygens (including phenoxy) is 3. The molecule has 2 N–H and O–H groups in total. The fourth-order valence-corrected chi connectivity index (χ4v) is 4.74. The quantitative estimate of drug-likeness (QED) is 0.342. The number of phenols is 1. The van der Waals surface area contributed by atoms with Gasteiger partial charge in [0.2, 0.25) is 0 Å². The van der Waals surface area contributed by atoms with Gasteiger partial charge >= 0.3 is 0 Å². The Bertz CT molecular complexity index is 1160. The molecule has 2 aromatic carbocycles. The Kier molecular flexibility index (Phi) is 6.36. The van der Waals surface area contributed by atoms with E-state index in [2.05, 4.69) is 15.9 Å². The molecule has 0 unspecified atom stereocenters. The fourth-order valence-electron chi connectivity index (χ4n) is 4.28. The highest BCUT2D eigenvalue weighted by Crippen LogP contribution is 2.44. The number of likely N-dealkylation sites (tertiary alicyclic amines) is 1. The molecule has 8 nitrogen and oxygen atoms in total. The summed E-state index contributed by atoms with van der Waals surface area (Å²) in [4.78, 5) is 27.4. The molecule has 33 heavy (non-hydrogen) atoms. The number of hydrogen-bond donors (Lipinski definition) is 2. The maximum atomic E-state index is 13.1. The maximum absolute atomic E-state index is 13.1. The van der Waals surface area contributed by atoms with Crippen molar-refractivity contribution in [2.45, 2.75) is 25.5 Å². The SMILES string of the molecule is COCCN1C(=O)C(=O)C(=C(O)c2ccc3c(c2)C[C@H](C)O3)[C@@H]1c1cc(Br)c(O)c(OC)c1. The Labute approximate surface area is 199 Å². The summed E-state index contributed by atoms with van der Waals surface area (Å²) in [6, 6.07) is 7.45. The standard InChI is InChI=1S/C24H24BrNO7/c1-12-8-14-9-13(4-5-17(14)33-12)21(27)19-20(26(6-7-31-2)24(30)23(19)29)15-10-16(25)22(28)18(11-15)32-3/h4-5,9-12,20,27-28H,6-8H2,1-3H3/t12-,20-/m0/s1. The van der Waals surface area contributed by atoms with Gasteiger partial charge < -0.3 is 29.3 Å². The Morgan fingerprint density at radius 3 is 2.70 bits per heavy atom. The smallest absolute Gasteiger partial charge is 0.295 e. The number of fused-ring (bicyclic) bond motifs is 1. The van der Waals surface area contributed by atoms with Crippen molar-refractivity contribution in [3.05, 3.63) is 57.1 Å². The van der Waals surface area contributed by atoms with Gasteiger partial charge in [-0.1, -0.05) is 0 Å². The zero-order chi connectivity index (χ0) is 23.9. The first-order valence-corrected chi connectivity index (χ1v) is 11.2. The van der Waals surface area contributed by atoms with Gasteiger partial charge in [-0.25, -0.2) is 0 Å². The molecular weight excluding hydrogens is 494 g/mol. The number of amides is 1. The molecule has 0 aromatic heterocycles. The molecule has 4 rings (SSSR count). The lowest BCUT2D eigenvalue weighted by atomic mass is 9.94. The van der Waals surface area contributed by atoms with Crippen molar-refractivity contribution in [1.82, 2.24) is 4.90 Å². The van der Waals surface area contributed by atoms with E-state index in [1.165, 1.54) is 19.1 Å². The molecule has 2 atom stereocenters. The summed E-state index contributed by atoms with van der Waals surface area (Å²) in [5, 5.41) is 21.5. The maximum Gasteiger partial charge on any atom is 0.295 e. The van der Waals surface area contributed by atoms with Crippen LogP contribution in [0.2, 0.25) is 0 Å². The lowest BCUT2D eigenvalue weighted by molar-refractivity contribution is -0.140. The van der Waals surface area contributed by atoms with Crippen molar-refractivity contribution in [2.75, 3.05) is 27.4 Å². The van der Waals surface area contributed by atoms with Crippen molar-refractivity contribution < 1.29 is 34.0 Å². The number of carbonyl (C=O) groups is 2. The van der Waals surface area contributed by atoms with Gasteiger partial charge in [0.05, 0.1) is 29.8 Å². The summed E-state index contributed by atoms with van der Waals surface area (Å²) in [6.45, 7) is 2.30. The average Bonchev–Trinajstić information content (AvgIpc) is 3.29. The van der Waals surface area contributed by atoms with Crippen LogP contribution in [0.15, 0.2) is 40.4 Å². The Hall–Kier alpha value is -3.04. The van der Waals surface area contributed by atoms with Gasteiger partial charge in [0.25, 0.3) is 11.7 Å². The van der Waals surface area contributed by atoms with Crippen LogP contribution in [-0.2, 0) is 20.7 Å². The van der Waals surface area contributed by atoms with Crippen molar-refractivity contribution in [1.29, 1.82) is 0 Å². The summed E-state index contributed by atoms with van der Waals surface area (Å²) in [7, 11) is 2.90. The highest BCUT2D eigenvalue weighted by atomic mass is 79.9. The lowest BCUT2D eigenvalue weighted by Crippen LogP contribution is -2.32. The summed E-state index contributed by atoms with van der Waals surface area (Å²) < 4.78 is 16.4. The van der Waals surface area contributed by atoms with Crippen LogP contribution in [0.3, 0.4) is 0 Å².